The first-order chi connectivity index (χ1) is 8.74. The van der Waals surface area contributed by atoms with Crippen LogP contribution in [0.25, 0.3) is 0 Å². The van der Waals surface area contributed by atoms with Gasteiger partial charge in [0.25, 0.3) is 0 Å². The van der Waals surface area contributed by atoms with E-state index in [1.807, 2.05) is 0 Å². The molecule has 4 nitrogen and oxygen atoms in total. The van der Waals surface area contributed by atoms with Gasteiger partial charge in [-0.2, -0.15) is 5.10 Å². The maximum atomic E-state index is 5.99. The lowest BCUT2D eigenvalue weighted by atomic mass is 10.2. The number of hydrogen-bond donors (Lipinski definition) is 1. The lowest BCUT2D eigenvalue weighted by Gasteiger charge is -2.15. The van der Waals surface area contributed by atoms with Crippen LogP contribution in [0.15, 0.2) is 12.3 Å². The quantitative estimate of drug-likeness (QED) is 0.845. The SMILES string of the molecule is CCC(CC)n1ccc(COC2CCCC2N)n1. The van der Waals surface area contributed by atoms with Crippen molar-refractivity contribution in [2.75, 3.05) is 0 Å². The van der Waals surface area contributed by atoms with Gasteiger partial charge in [0.15, 0.2) is 0 Å². The van der Waals surface area contributed by atoms with E-state index in [1.165, 1.54) is 6.42 Å². The van der Waals surface area contributed by atoms with Crippen molar-refractivity contribution < 1.29 is 4.74 Å². The van der Waals surface area contributed by atoms with Crippen LogP contribution in [0.5, 0.6) is 0 Å². The maximum absolute atomic E-state index is 5.99. The van der Waals surface area contributed by atoms with E-state index >= 15 is 0 Å². The summed E-state index contributed by atoms with van der Waals surface area (Å²) in [4.78, 5) is 0. The molecule has 1 saturated carbocycles. The van der Waals surface area contributed by atoms with Gasteiger partial charge in [0.1, 0.15) is 0 Å². The van der Waals surface area contributed by atoms with E-state index in [-0.39, 0.29) is 12.1 Å². The summed E-state index contributed by atoms with van der Waals surface area (Å²) in [6.07, 6.45) is 7.89. The molecule has 18 heavy (non-hydrogen) atoms. The van der Waals surface area contributed by atoms with Crippen LogP contribution in [0.3, 0.4) is 0 Å². The zero-order valence-electron chi connectivity index (χ0n) is 11.5. The molecule has 0 spiro atoms. The van der Waals surface area contributed by atoms with Crippen LogP contribution in [-0.4, -0.2) is 21.9 Å². The topological polar surface area (TPSA) is 53.1 Å². The van der Waals surface area contributed by atoms with E-state index < -0.39 is 0 Å². The van der Waals surface area contributed by atoms with E-state index in [4.69, 9.17) is 10.5 Å². The summed E-state index contributed by atoms with van der Waals surface area (Å²) in [5, 5.41) is 4.59. The van der Waals surface area contributed by atoms with Gasteiger partial charge in [-0.05, 0) is 38.2 Å². The van der Waals surface area contributed by atoms with Crippen LogP contribution in [0, 0.1) is 0 Å². The Morgan fingerprint density at radius 2 is 2.22 bits per heavy atom. The number of aromatic nitrogens is 2. The number of rotatable bonds is 6. The van der Waals surface area contributed by atoms with E-state index in [0.29, 0.717) is 12.6 Å². The highest BCUT2D eigenvalue weighted by Gasteiger charge is 2.24. The normalized spacial score (nSPS) is 24.0. The fourth-order valence-electron chi connectivity index (χ4n) is 2.67. The van der Waals surface area contributed by atoms with E-state index in [9.17, 15) is 0 Å². The highest BCUT2D eigenvalue weighted by atomic mass is 16.5. The van der Waals surface area contributed by atoms with Crippen LogP contribution in [-0.2, 0) is 11.3 Å². The second kappa shape index (κ2) is 6.34. The molecule has 0 aliphatic heterocycles. The molecule has 1 heterocycles. The van der Waals surface area contributed by atoms with Crippen molar-refractivity contribution in [2.24, 2.45) is 5.73 Å². The van der Waals surface area contributed by atoms with Gasteiger partial charge in [-0.3, -0.25) is 4.68 Å². The predicted molar refractivity (Wildman–Crippen MR) is 72.2 cm³/mol. The summed E-state index contributed by atoms with van der Waals surface area (Å²) in [5.41, 5.74) is 7.00. The van der Waals surface area contributed by atoms with Gasteiger partial charge in [0, 0.05) is 12.2 Å². The third kappa shape index (κ3) is 3.12. The van der Waals surface area contributed by atoms with E-state index in [0.717, 1.165) is 31.4 Å². The van der Waals surface area contributed by atoms with Gasteiger partial charge in [-0.1, -0.05) is 13.8 Å². The Balaban J connectivity index is 1.86. The second-order valence-corrected chi connectivity index (χ2v) is 5.20. The molecule has 102 valence electrons. The summed E-state index contributed by atoms with van der Waals surface area (Å²) >= 11 is 0. The third-order valence-corrected chi connectivity index (χ3v) is 3.93. The number of hydrogen-bond acceptors (Lipinski definition) is 3. The minimum absolute atomic E-state index is 0.214. The standard InChI is InChI=1S/C14H25N3O/c1-3-12(4-2)17-9-8-11(16-17)10-18-14-7-5-6-13(14)15/h8-9,12-14H,3-7,10,15H2,1-2H3. The molecule has 0 saturated heterocycles. The zero-order chi connectivity index (χ0) is 13.0. The fourth-order valence-corrected chi connectivity index (χ4v) is 2.67. The van der Waals surface area contributed by atoms with E-state index in [1.54, 1.807) is 0 Å². The summed E-state index contributed by atoms with van der Waals surface area (Å²) < 4.78 is 7.92. The molecule has 1 aromatic heterocycles. The Bertz CT molecular complexity index is 360. The van der Waals surface area contributed by atoms with Crippen LogP contribution >= 0.6 is 0 Å². The van der Waals surface area contributed by atoms with Crippen LogP contribution < -0.4 is 5.73 Å². The Hall–Kier alpha value is -0.870. The van der Waals surface area contributed by atoms with Crippen molar-refractivity contribution >= 4 is 0 Å². The fraction of sp³-hybridized carbons (Fsp3) is 0.786. The molecule has 0 bridgehead atoms. The van der Waals surface area contributed by atoms with Gasteiger partial charge in [0.05, 0.1) is 24.4 Å². The first-order valence-corrected chi connectivity index (χ1v) is 7.15. The van der Waals surface area contributed by atoms with Crippen molar-refractivity contribution in [1.29, 1.82) is 0 Å². The lowest BCUT2D eigenvalue weighted by molar-refractivity contribution is 0.0335. The van der Waals surface area contributed by atoms with Gasteiger partial charge >= 0.3 is 0 Å². The molecule has 0 radical (unpaired) electrons. The van der Waals surface area contributed by atoms with Crippen LogP contribution in [0.2, 0.25) is 0 Å². The highest BCUT2D eigenvalue weighted by molar-refractivity contribution is 4.98. The summed E-state index contributed by atoms with van der Waals surface area (Å²) in [7, 11) is 0. The van der Waals surface area contributed by atoms with Crippen molar-refractivity contribution in [3.8, 4) is 0 Å². The monoisotopic (exact) mass is 251 g/mol. The largest absolute Gasteiger partial charge is 0.370 e. The molecule has 1 aromatic rings. The average molecular weight is 251 g/mol. The molecule has 2 N–H and O–H groups in total. The number of nitrogens with two attached hydrogens (primary N) is 1. The Labute approximate surface area is 110 Å². The highest BCUT2D eigenvalue weighted by Crippen LogP contribution is 2.21. The minimum Gasteiger partial charge on any atom is -0.370 e. The minimum atomic E-state index is 0.214. The predicted octanol–water partition coefficient (Wildman–Crippen LogP) is 2.64. The molecular weight excluding hydrogens is 226 g/mol. The van der Waals surface area contributed by atoms with E-state index in [2.05, 4.69) is 35.9 Å². The molecule has 0 aromatic carbocycles. The summed E-state index contributed by atoms with van der Waals surface area (Å²) in [5.74, 6) is 0. The summed E-state index contributed by atoms with van der Waals surface area (Å²) in [6, 6.07) is 2.78. The molecule has 2 unspecified atom stereocenters. The first-order valence-electron chi connectivity index (χ1n) is 7.15. The molecule has 1 fully saturated rings. The van der Waals surface area contributed by atoms with Gasteiger partial charge < -0.3 is 10.5 Å². The van der Waals surface area contributed by atoms with Crippen molar-refractivity contribution in [3.63, 3.8) is 0 Å². The van der Waals surface area contributed by atoms with Gasteiger partial charge in [-0.15, -0.1) is 0 Å². The van der Waals surface area contributed by atoms with Gasteiger partial charge in [-0.25, -0.2) is 0 Å². The lowest BCUT2D eigenvalue weighted by Crippen LogP contribution is -2.31. The zero-order valence-corrected chi connectivity index (χ0v) is 11.5. The molecule has 1 aliphatic rings. The van der Waals surface area contributed by atoms with Crippen molar-refractivity contribution in [3.05, 3.63) is 18.0 Å². The smallest absolute Gasteiger partial charge is 0.0911 e. The van der Waals surface area contributed by atoms with Crippen molar-refractivity contribution in [1.82, 2.24) is 9.78 Å². The molecule has 4 heteroatoms. The van der Waals surface area contributed by atoms with Crippen LogP contribution in [0.1, 0.15) is 57.7 Å². The average Bonchev–Trinajstić information content (AvgIpc) is 2.98. The first kappa shape index (κ1) is 13.6. The molecule has 0 amide bonds. The Morgan fingerprint density at radius 1 is 1.44 bits per heavy atom. The number of nitrogens with zero attached hydrogens (tertiary/aromatic N) is 2. The van der Waals surface area contributed by atoms with Crippen molar-refractivity contribution in [2.45, 2.75) is 70.7 Å². The Morgan fingerprint density at radius 3 is 2.83 bits per heavy atom. The third-order valence-electron chi connectivity index (χ3n) is 3.93. The number of ether oxygens (including phenoxy) is 1. The van der Waals surface area contributed by atoms with Gasteiger partial charge in [0.2, 0.25) is 0 Å². The maximum Gasteiger partial charge on any atom is 0.0911 e. The molecule has 2 atom stereocenters. The molecule has 1 aliphatic carbocycles. The van der Waals surface area contributed by atoms with Crippen LogP contribution in [0.4, 0.5) is 0 Å². The summed E-state index contributed by atoms with van der Waals surface area (Å²) in [6.45, 7) is 4.98. The second-order valence-electron chi connectivity index (χ2n) is 5.20. The molecular formula is C14H25N3O. The molecule has 2 rings (SSSR count). The Kier molecular flexibility index (Phi) is 4.78.